The Morgan fingerprint density at radius 1 is 0.917 bits per heavy atom. The fourth-order valence-corrected chi connectivity index (χ4v) is 1.89. The van der Waals surface area contributed by atoms with E-state index in [0.717, 1.165) is 36.4 Å². The van der Waals surface area contributed by atoms with E-state index in [1.807, 2.05) is 0 Å². The predicted molar refractivity (Wildman–Crippen MR) is 79.5 cm³/mol. The maximum Gasteiger partial charge on any atom is 0.416 e. The first-order chi connectivity index (χ1) is 11.3. The molecule has 0 aliphatic carbocycles. The Labute approximate surface area is 134 Å². The Bertz CT molecular complexity index is 713. The summed E-state index contributed by atoms with van der Waals surface area (Å²) in [6.07, 6.45) is -4.43. The fraction of sp³-hybridized carbons (Fsp3) is 0.188. The van der Waals surface area contributed by atoms with Crippen molar-refractivity contribution in [2.75, 3.05) is 17.2 Å². The fourth-order valence-electron chi connectivity index (χ4n) is 1.89. The smallest absolute Gasteiger partial charge is 0.384 e. The van der Waals surface area contributed by atoms with Gasteiger partial charge in [-0.3, -0.25) is 4.79 Å². The second kappa shape index (κ2) is 7.29. The largest absolute Gasteiger partial charge is 0.416 e. The molecule has 0 spiro atoms. The predicted octanol–water partition coefficient (Wildman–Crippen LogP) is 4.42. The number of nitrogens with one attached hydrogen (secondary N) is 2. The Morgan fingerprint density at radius 3 is 2.12 bits per heavy atom. The first-order valence-corrected chi connectivity index (χ1v) is 6.92. The molecule has 2 aromatic rings. The minimum absolute atomic E-state index is 0.0000176. The molecule has 0 saturated carbocycles. The van der Waals surface area contributed by atoms with Crippen LogP contribution in [0.5, 0.6) is 0 Å². The maximum absolute atomic E-state index is 13.0. The van der Waals surface area contributed by atoms with Crippen molar-refractivity contribution in [3.8, 4) is 0 Å². The van der Waals surface area contributed by atoms with Crippen LogP contribution in [0.15, 0.2) is 42.5 Å². The van der Waals surface area contributed by atoms with Crippen molar-refractivity contribution < 1.29 is 26.7 Å². The van der Waals surface area contributed by atoms with E-state index in [1.54, 1.807) is 0 Å². The van der Waals surface area contributed by atoms with Crippen LogP contribution < -0.4 is 10.6 Å². The zero-order valence-electron chi connectivity index (χ0n) is 12.3. The van der Waals surface area contributed by atoms with Gasteiger partial charge in [0.2, 0.25) is 5.91 Å². The van der Waals surface area contributed by atoms with Gasteiger partial charge in [0.15, 0.2) is 11.6 Å². The van der Waals surface area contributed by atoms with Crippen molar-refractivity contribution >= 4 is 17.3 Å². The van der Waals surface area contributed by atoms with Crippen LogP contribution in [0.4, 0.5) is 33.3 Å². The Balaban J connectivity index is 1.81. The Hall–Kier alpha value is -2.64. The summed E-state index contributed by atoms with van der Waals surface area (Å²) < 4.78 is 63.0. The van der Waals surface area contributed by atoms with Crippen molar-refractivity contribution in [3.63, 3.8) is 0 Å². The minimum atomic E-state index is -4.43. The molecule has 24 heavy (non-hydrogen) atoms. The lowest BCUT2D eigenvalue weighted by molar-refractivity contribution is -0.137. The quantitative estimate of drug-likeness (QED) is 0.788. The number of hydrogen-bond acceptors (Lipinski definition) is 2. The number of amides is 1. The topological polar surface area (TPSA) is 41.1 Å². The molecular weight excluding hydrogens is 331 g/mol. The lowest BCUT2D eigenvalue weighted by atomic mass is 10.2. The zero-order chi connectivity index (χ0) is 17.7. The van der Waals surface area contributed by atoms with Crippen LogP contribution >= 0.6 is 0 Å². The average Bonchev–Trinajstić information content (AvgIpc) is 2.50. The van der Waals surface area contributed by atoms with Crippen LogP contribution in [0.3, 0.4) is 0 Å². The van der Waals surface area contributed by atoms with Crippen molar-refractivity contribution in [1.29, 1.82) is 0 Å². The van der Waals surface area contributed by atoms with E-state index in [2.05, 4.69) is 10.6 Å². The molecule has 3 nitrogen and oxygen atoms in total. The summed E-state index contributed by atoms with van der Waals surface area (Å²) in [5, 5.41) is 5.19. The number of benzene rings is 2. The SMILES string of the molecule is O=C(CCNc1ccc(F)c(F)c1)Nc1ccc(C(F)(F)F)cc1. The number of halogens is 5. The highest BCUT2D eigenvalue weighted by Gasteiger charge is 2.29. The van der Waals surface area contributed by atoms with E-state index in [0.29, 0.717) is 5.69 Å². The summed E-state index contributed by atoms with van der Waals surface area (Å²) in [5.41, 5.74) is -0.252. The highest BCUT2D eigenvalue weighted by atomic mass is 19.4. The van der Waals surface area contributed by atoms with Gasteiger partial charge in [-0.2, -0.15) is 13.2 Å². The average molecular weight is 344 g/mol. The molecule has 0 radical (unpaired) electrons. The molecule has 0 atom stereocenters. The molecule has 128 valence electrons. The van der Waals surface area contributed by atoms with Crippen LogP contribution in [0.2, 0.25) is 0 Å². The molecule has 2 N–H and O–H groups in total. The normalized spacial score (nSPS) is 11.2. The van der Waals surface area contributed by atoms with Crippen LogP contribution in [-0.2, 0) is 11.0 Å². The number of carbonyl (C=O) groups is 1. The van der Waals surface area contributed by atoms with Crippen LogP contribution in [-0.4, -0.2) is 12.5 Å². The van der Waals surface area contributed by atoms with Crippen LogP contribution in [0.25, 0.3) is 0 Å². The summed E-state index contributed by atoms with van der Waals surface area (Å²) in [6, 6.07) is 7.30. The summed E-state index contributed by atoms with van der Waals surface area (Å²) in [4.78, 5) is 11.7. The molecule has 0 aliphatic heterocycles. The van der Waals surface area contributed by atoms with Gasteiger partial charge < -0.3 is 10.6 Å². The summed E-state index contributed by atoms with van der Waals surface area (Å²) in [7, 11) is 0. The number of rotatable bonds is 5. The Kier molecular flexibility index (Phi) is 5.38. The van der Waals surface area contributed by atoms with Crippen molar-refractivity contribution in [2.45, 2.75) is 12.6 Å². The van der Waals surface area contributed by atoms with Gasteiger partial charge in [0.05, 0.1) is 5.56 Å². The molecule has 2 aromatic carbocycles. The van der Waals surface area contributed by atoms with Gasteiger partial charge in [-0.1, -0.05) is 0 Å². The number of anilines is 2. The second-order valence-corrected chi connectivity index (χ2v) is 4.93. The third kappa shape index (κ3) is 4.94. The molecule has 2 rings (SSSR count). The minimum Gasteiger partial charge on any atom is -0.384 e. The maximum atomic E-state index is 13.0. The Morgan fingerprint density at radius 2 is 1.54 bits per heavy atom. The van der Waals surface area contributed by atoms with Crippen LogP contribution in [0, 0.1) is 11.6 Å². The lowest BCUT2D eigenvalue weighted by Crippen LogP contribution is -2.16. The summed E-state index contributed by atoms with van der Waals surface area (Å²) in [5.74, 6) is -2.40. The van der Waals surface area contributed by atoms with Gasteiger partial charge in [-0.25, -0.2) is 8.78 Å². The molecule has 1 amide bonds. The number of carbonyl (C=O) groups excluding carboxylic acids is 1. The van der Waals surface area contributed by atoms with Gasteiger partial charge >= 0.3 is 6.18 Å². The van der Waals surface area contributed by atoms with Crippen molar-refractivity contribution in [2.24, 2.45) is 0 Å². The third-order valence-corrected chi connectivity index (χ3v) is 3.10. The molecule has 0 aliphatic rings. The lowest BCUT2D eigenvalue weighted by Gasteiger charge is -2.09. The van der Waals surface area contributed by atoms with Crippen molar-refractivity contribution in [1.82, 2.24) is 0 Å². The van der Waals surface area contributed by atoms with Gasteiger partial charge in [-0.15, -0.1) is 0 Å². The van der Waals surface area contributed by atoms with E-state index in [4.69, 9.17) is 0 Å². The standard InChI is InChI=1S/C16H13F5N2O/c17-13-6-5-12(9-14(13)18)22-8-7-15(24)23-11-3-1-10(2-4-11)16(19,20)21/h1-6,9,22H,7-8H2,(H,23,24). The van der Waals surface area contributed by atoms with Gasteiger partial charge in [0, 0.05) is 24.3 Å². The second-order valence-electron chi connectivity index (χ2n) is 4.93. The molecule has 0 aromatic heterocycles. The first-order valence-electron chi connectivity index (χ1n) is 6.92. The van der Waals surface area contributed by atoms with E-state index in [9.17, 15) is 26.7 Å². The molecule has 0 saturated heterocycles. The molecule has 0 bridgehead atoms. The molecular formula is C16H13F5N2O. The van der Waals surface area contributed by atoms with E-state index >= 15 is 0 Å². The monoisotopic (exact) mass is 344 g/mol. The molecule has 0 heterocycles. The highest BCUT2D eigenvalue weighted by Crippen LogP contribution is 2.29. The number of hydrogen-bond donors (Lipinski definition) is 2. The highest BCUT2D eigenvalue weighted by molar-refractivity contribution is 5.91. The third-order valence-electron chi connectivity index (χ3n) is 3.10. The molecule has 8 heteroatoms. The zero-order valence-corrected chi connectivity index (χ0v) is 12.3. The van der Waals surface area contributed by atoms with Gasteiger partial charge in [0.25, 0.3) is 0 Å². The van der Waals surface area contributed by atoms with Gasteiger partial charge in [0.1, 0.15) is 0 Å². The number of alkyl halides is 3. The van der Waals surface area contributed by atoms with E-state index in [1.165, 1.54) is 6.07 Å². The van der Waals surface area contributed by atoms with Crippen molar-refractivity contribution in [3.05, 3.63) is 59.7 Å². The van der Waals surface area contributed by atoms with Gasteiger partial charge in [-0.05, 0) is 42.5 Å². The van der Waals surface area contributed by atoms with E-state index in [-0.39, 0.29) is 18.7 Å². The molecule has 0 fully saturated rings. The first kappa shape index (κ1) is 17.7. The van der Waals surface area contributed by atoms with Crippen LogP contribution in [0.1, 0.15) is 12.0 Å². The van der Waals surface area contributed by atoms with E-state index < -0.39 is 29.3 Å². The summed E-state index contributed by atoms with van der Waals surface area (Å²) >= 11 is 0. The summed E-state index contributed by atoms with van der Waals surface area (Å²) in [6.45, 7) is 0.150. The molecule has 0 unspecified atom stereocenters.